The molecule has 1 fully saturated rings. The summed E-state index contributed by atoms with van der Waals surface area (Å²) in [5, 5.41) is 0. The van der Waals surface area contributed by atoms with E-state index in [0.717, 1.165) is 11.8 Å². The van der Waals surface area contributed by atoms with Crippen LogP contribution in [-0.4, -0.2) is 6.04 Å². The van der Waals surface area contributed by atoms with E-state index in [1.807, 2.05) is 0 Å². The van der Waals surface area contributed by atoms with Crippen molar-refractivity contribution in [3.05, 3.63) is 0 Å². The number of nitrogens with two attached hydrogens (primary N) is 1. The molecular weight excluding hydrogens is 182 g/mol. The summed E-state index contributed by atoms with van der Waals surface area (Å²) < 4.78 is 0. The highest BCUT2D eigenvalue weighted by atomic mass is 14.6. The molecule has 1 aliphatic rings. The third-order valence-electron chi connectivity index (χ3n) is 3.72. The first-order chi connectivity index (χ1) is 7.18. The van der Waals surface area contributed by atoms with Gasteiger partial charge < -0.3 is 5.73 Å². The monoisotopic (exact) mass is 211 g/mol. The standard InChI is InChI=1S/C14H29N/c1-12(2)7-6-10-14(15)11-13-8-4-3-5-9-13/h12-14H,3-11,15H2,1-2H3. The zero-order chi connectivity index (χ0) is 11.1. The molecule has 0 radical (unpaired) electrons. The lowest BCUT2D eigenvalue weighted by Gasteiger charge is -2.24. The maximum absolute atomic E-state index is 6.19. The van der Waals surface area contributed by atoms with Crippen LogP contribution in [0.5, 0.6) is 0 Å². The summed E-state index contributed by atoms with van der Waals surface area (Å²) in [5.74, 6) is 1.79. The molecule has 90 valence electrons. The molecule has 1 unspecified atom stereocenters. The number of hydrogen-bond acceptors (Lipinski definition) is 1. The van der Waals surface area contributed by atoms with Gasteiger partial charge in [0, 0.05) is 6.04 Å². The first kappa shape index (κ1) is 13.0. The smallest absolute Gasteiger partial charge is 0.00414 e. The predicted molar refractivity (Wildman–Crippen MR) is 67.9 cm³/mol. The van der Waals surface area contributed by atoms with Gasteiger partial charge >= 0.3 is 0 Å². The average molecular weight is 211 g/mol. The van der Waals surface area contributed by atoms with E-state index in [4.69, 9.17) is 5.73 Å². The fourth-order valence-electron chi connectivity index (χ4n) is 2.76. The number of hydrogen-bond donors (Lipinski definition) is 1. The molecule has 1 atom stereocenters. The Balaban J connectivity index is 2.03. The molecule has 1 saturated carbocycles. The normalized spacial score (nSPS) is 20.8. The predicted octanol–water partition coefficient (Wildman–Crippen LogP) is 4.11. The summed E-state index contributed by atoms with van der Waals surface area (Å²) >= 11 is 0. The van der Waals surface area contributed by atoms with Gasteiger partial charge in [-0.15, -0.1) is 0 Å². The molecule has 0 aromatic heterocycles. The summed E-state index contributed by atoms with van der Waals surface area (Å²) in [6.45, 7) is 4.60. The molecule has 1 nitrogen and oxygen atoms in total. The van der Waals surface area contributed by atoms with E-state index in [0.29, 0.717) is 6.04 Å². The molecule has 0 spiro atoms. The Morgan fingerprint density at radius 2 is 1.73 bits per heavy atom. The minimum atomic E-state index is 0.479. The third kappa shape index (κ3) is 6.19. The van der Waals surface area contributed by atoms with Gasteiger partial charge in [-0.05, 0) is 24.7 Å². The first-order valence-corrected chi connectivity index (χ1v) is 6.94. The Bertz CT molecular complexity index is 147. The van der Waals surface area contributed by atoms with Crippen molar-refractivity contribution in [2.24, 2.45) is 17.6 Å². The molecule has 0 amide bonds. The lowest BCUT2D eigenvalue weighted by atomic mass is 9.84. The van der Waals surface area contributed by atoms with Gasteiger partial charge in [0.15, 0.2) is 0 Å². The summed E-state index contributed by atoms with van der Waals surface area (Å²) in [6.07, 6.45) is 12.4. The molecule has 1 rings (SSSR count). The van der Waals surface area contributed by atoms with Gasteiger partial charge in [0.25, 0.3) is 0 Å². The second kappa shape index (κ2) is 7.27. The fourth-order valence-corrected chi connectivity index (χ4v) is 2.76. The maximum atomic E-state index is 6.19. The van der Waals surface area contributed by atoms with Crippen LogP contribution in [0.2, 0.25) is 0 Å². The molecule has 0 bridgehead atoms. The second-order valence-corrected chi connectivity index (χ2v) is 5.82. The van der Waals surface area contributed by atoms with Crippen molar-refractivity contribution < 1.29 is 0 Å². The first-order valence-electron chi connectivity index (χ1n) is 6.94. The minimum Gasteiger partial charge on any atom is -0.328 e. The van der Waals surface area contributed by atoms with Gasteiger partial charge in [-0.1, -0.05) is 58.8 Å². The molecular formula is C14H29N. The van der Waals surface area contributed by atoms with Gasteiger partial charge in [0.05, 0.1) is 0 Å². The van der Waals surface area contributed by atoms with Crippen LogP contribution in [0, 0.1) is 11.8 Å². The average Bonchev–Trinajstić information content (AvgIpc) is 2.18. The molecule has 2 N–H and O–H groups in total. The molecule has 0 aromatic rings. The van der Waals surface area contributed by atoms with E-state index < -0.39 is 0 Å². The summed E-state index contributed by atoms with van der Waals surface area (Å²) in [5.41, 5.74) is 6.19. The van der Waals surface area contributed by atoms with Crippen LogP contribution in [0.1, 0.15) is 71.6 Å². The minimum absolute atomic E-state index is 0.479. The van der Waals surface area contributed by atoms with E-state index in [1.54, 1.807) is 0 Å². The van der Waals surface area contributed by atoms with Crippen molar-refractivity contribution in [2.45, 2.75) is 77.7 Å². The van der Waals surface area contributed by atoms with Crippen LogP contribution < -0.4 is 5.73 Å². The van der Waals surface area contributed by atoms with Crippen molar-refractivity contribution in [1.29, 1.82) is 0 Å². The van der Waals surface area contributed by atoms with Gasteiger partial charge in [0.1, 0.15) is 0 Å². The Morgan fingerprint density at radius 3 is 2.33 bits per heavy atom. The third-order valence-corrected chi connectivity index (χ3v) is 3.72. The molecule has 0 aliphatic heterocycles. The van der Waals surface area contributed by atoms with Crippen molar-refractivity contribution in [2.75, 3.05) is 0 Å². The zero-order valence-corrected chi connectivity index (χ0v) is 10.7. The lowest BCUT2D eigenvalue weighted by Crippen LogP contribution is -2.24. The van der Waals surface area contributed by atoms with E-state index >= 15 is 0 Å². The van der Waals surface area contributed by atoms with Gasteiger partial charge in [0.2, 0.25) is 0 Å². The Morgan fingerprint density at radius 1 is 1.07 bits per heavy atom. The molecule has 0 heterocycles. The number of rotatable bonds is 6. The summed E-state index contributed by atoms with van der Waals surface area (Å²) in [6, 6.07) is 0.479. The van der Waals surface area contributed by atoms with Crippen LogP contribution in [0.4, 0.5) is 0 Å². The van der Waals surface area contributed by atoms with E-state index in [-0.39, 0.29) is 0 Å². The molecule has 1 aliphatic carbocycles. The van der Waals surface area contributed by atoms with Crippen LogP contribution in [-0.2, 0) is 0 Å². The van der Waals surface area contributed by atoms with Crippen molar-refractivity contribution >= 4 is 0 Å². The molecule has 15 heavy (non-hydrogen) atoms. The van der Waals surface area contributed by atoms with Gasteiger partial charge in [-0.2, -0.15) is 0 Å². The molecule has 1 heteroatoms. The van der Waals surface area contributed by atoms with Crippen LogP contribution in [0.3, 0.4) is 0 Å². The highest BCUT2D eigenvalue weighted by Gasteiger charge is 2.16. The zero-order valence-electron chi connectivity index (χ0n) is 10.7. The molecule has 0 saturated heterocycles. The lowest BCUT2D eigenvalue weighted by molar-refractivity contribution is 0.308. The fraction of sp³-hybridized carbons (Fsp3) is 1.00. The molecule has 0 aromatic carbocycles. The maximum Gasteiger partial charge on any atom is 0.00414 e. The topological polar surface area (TPSA) is 26.0 Å². The Hall–Kier alpha value is -0.0400. The highest BCUT2D eigenvalue weighted by molar-refractivity contribution is 4.72. The van der Waals surface area contributed by atoms with Gasteiger partial charge in [-0.3, -0.25) is 0 Å². The van der Waals surface area contributed by atoms with Crippen molar-refractivity contribution in [3.63, 3.8) is 0 Å². The van der Waals surface area contributed by atoms with E-state index in [2.05, 4.69) is 13.8 Å². The highest BCUT2D eigenvalue weighted by Crippen LogP contribution is 2.27. The SMILES string of the molecule is CC(C)CCCC(N)CC1CCCCC1. The van der Waals surface area contributed by atoms with Crippen LogP contribution in [0.15, 0.2) is 0 Å². The van der Waals surface area contributed by atoms with Crippen LogP contribution >= 0.6 is 0 Å². The largest absolute Gasteiger partial charge is 0.328 e. The summed E-state index contributed by atoms with van der Waals surface area (Å²) in [4.78, 5) is 0. The quantitative estimate of drug-likeness (QED) is 0.703. The van der Waals surface area contributed by atoms with Crippen molar-refractivity contribution in [3.8, 4) is 0 Å². The van der Waals surface area contributed by atoms with Crippen molar-refractivity contribution in [1.82, 2.24) is 0 Å². The van der Waals surface area contributed by atoms with Gasteiger partial charge in [-0.25, -0.2) is 0 Å². The second-order valence-electron chi connectivity index (χ2n) is 5.82. The Labute approximate surface area is 95.8 Å². The summed E-state index contributed by atoms with van der Waals surface area (Å²) in [7, 11) is 0. The van der Waals surface area contributed by atoms with E-state index in [9.17, 15) is 0 Å². The Kier molecular flexibility index (Phi) is 6.31. The van der Waals surface area contributed by atoms with Crippen LogP contribution in [0.25, 0.3) is 0 Å². The van der Waals surface area contributed by atoms with E-state index in [1.165, 1.54) is 57.8 Å².